The predicted molar refractivity (Wildman–Crippen MR) is 71.3 cm³/mol. The molecule has 0 saturated carbocycles. The average molecular weight is 245 g/mol. The quantitative estimate of drug-likeness (QED) is 0.850. The third-order valence-electron chi connectivity index (χ3n) is 2.98. The van der Waals surface area contributed by atoms with E-state index >= 15 is 0 Å². The maximum atomic E-state index is 9.80. The van der Waals surface area contributed by atoms with Gasteiger partial charge in [0, 0.05) is 36.6 Å². The number of phenolic OH excluding ortho intramolecular Hbond substituents is 1. The van der Waals surface area contributed by atoms with E-state index in [2.05, 4.69) is 24.1 Å². The molecule has 0 aliphatic rings. The second-order valence-corrected chi connectivity index (χ2v) is 4.61. The van der Waals surface area contributed by atoms with E-state index in [9.17, 15) is 5.11 Å². The van der Waals surface area contributed by atoms with Crippen LogP contribution in [0, 0.1) is 0 Å². The lowest BCUT2D eigenvalue weighted by atomic mass is 10.1. The molecule has 1 aromatic carbocycles. The minimum atomic E-state index is 0.115. The van der Waals surface area contributed by atoms with Crippen molar-refractivity contribution in [2.45, 2.75) is 32.5 Å². The van der Waals surface area contributed by atoms with Crippen molar-refractivity contribution in [3.05, 3.63) is 48.5 Å². The van der Waals surface area contributed by atoms with Crippen LogP contribution in [0.3, 0.4) is 0 Å². The van der Waals surface area contributed by atoms with Gasteiger partial charge in [0.05, 0.1) is 6.33 Å². The Morgan fingerprint density at radius 3 is 2.78 bits per heavy atom. The van der Waals surface area contributed by atoms with Gasteiger partial charge in [-0.1, -0.05) is 18.2 Å². The van der Waals surface area contributed by atoms with E-state index in [0.717, 1.165) is 12.1 Å². The number of aromatic hydroxyl groups is 1. The van der Waals surface area contributed by atoms with Crippen molar-refractivity contribution in [3.63, 3.8) is 0 Å². The number of nitrogens with zero attached hydrogens (tertiary/aromatic N) is 2. The maximum Gasteiger partial charge on any atom is 0.120 e. The van der Waals surface area contributed by atoms with Gasteiger partial charge in [0.1, 0.15) is 5.75 Å². The van der Waals surface area contributed by atoms with E-state index in [1.54, 1.807) is 12.3 Å². The van der Waals surface area contributed by atoms with Crippen LogP contribution in [0.1, 0.15) is 25.5 Å². The van der Waals surface area contributed by atoms with Gasteiger partial charge in [0.15, 0.2) is 0 Å². The summed E-state index contributed by atoms with van der Waals surface area (Å²) in [5, 5.41) is 13.3. The van der Waals surface area contributed by atoms with Gasteiger partial charge in [-0.3, -0.25) is 0 Å². The number of rotatable bonds is 5. The normalized spacial score (nSPS) is 14.3. The zero-order valence-electron chi connectivity index (χ0n) is 10.7. The van der Waals surface area contributed by atoms with Crippen molar-refractivity contribution in [2.24, 2.45) is 0 Å². The first-order chi connectivity index (χ1) is 8.66. The van der Waals surface area contributed by atoms with Crippen molar-refractivity contribution in [3.8, 4) is 5.75 Å². The molecule has 18 heavy (non-hydrogen) atoms. The Hall–Kier alpha value is -1.81. The number of para-hydroxylation sites is 1. The Kier molecular flexibility index (Phi) is 3.99. The van der Waals surface area contributed by atoms with Crippen LogP contribution in [0.4, 0.5) is 0 Å². The van der Waals surface area contributed by atoms with Crippen molar-refractivity contribution in [2.75, 3.05) is 0 Å². The second kappa shape index (κ2) is 5.69. The highest BCUT2D eigenvalue weighted by Gasteiger charge is 2.12. The number of benzene rings is 1. The standard InChI is InChI=1S/C14H19N3O/c1-11(9-17-8-7-15-10-17)16-12(2)13-5-3-4-6-14(13)18/h3-8,10-12,16,18H,9H2,1-2H3. The third-order valence-corrected chi connectivity index (χ3v) is 2.98. The fourth-order valence-electron chi connectivity index (χ4n) is 2.13. The molecular formula is C14H19N3O. The van der Waals surface area contributed by atoms with Gasteiger partial charge in [-0.25, -0.2) is 4.98 Å². The van der Waals surface area contributed by atoms with Gasteiger partial charge in [-0.05, 0) is 19.9 Å². The summed E-state index contributed by atoms with van der Waals surface area (Å²) >= 11 is 0. The van der Waals surface area contributed by atoms with Crippen LogP contribution in [0.25, 0.3) is 0 Å². The summed E-state index contributed by atoms with van der Waals surface area (Å²) in [6.45, 7) is 5.04. The summed E-state index contributed by atoms with van der Waals surface area (Å²) in [7, 11) is 0. The molecule has 0 radical (unpaired) electrons. The monoisotopic (exact) mass is 245 g/mol. The average Bonchev–Trinajstić information content (AvgIpc) is 2.82. The van der Waals surface area contributed by atoms with Crippen LogP contribution in [-0.4, -0.2) is 20.7 Å². The number of hydrogen-bond donors (Lipinski definition) is 2. The number of phenols is 1. The molecule has 0 fully saturated rings. The van der Waals surface area contributed by atoms with Crippen LogP contribution < -0.4 is 5.32 Å². The minimum Gasteiger partial charge on any atom is -0.508 e. The van der Waals surface area contributed by atoms with Crippen LogP contribution in [-0.2, 0) is 6.54 Å². The molecular weight excluding hydrogens is 226 g/mol. The maximum absolute atomic E-state index is 9.80. The van der Waals surface area contributed by atoms with Crippen molar-refractivity contribution < 1.29 is 5.11 Å². The molecule has 2 atom stereocenters. The van der Waals surface area contributed by atoms with E-state index in [1.165, 1.54) is 0 Å². The molecule has 2 rings (SSSR count). The van der Waals surface area contributed by atoms with E-state index in [4.69, 9.17) is 0 Å². The van der Waals surface area contributed by atoms with Gasteiger partial charge in [-0.2, -0.15) is 0 Å². The first kappa shape index (κ1) is 12.6. The molecule has 1 heterocycles. The molecule has 4 nitrogen and oxygen atoms in total. The summed E-state index contributed by atoms with van der Waals surface area (Å²) in [4.78, 5) is 4.02. The van der Waals surface area contributed by atoms with Gasteiger partial charge < -0.3 is 15.0 Å². The van der Waals surface area contributed by atoms with E-state index < -0.39 is 0 Å². The number of hydrogen-bond acceptors (Lipinski definition) is 3. The smallest absolute Gasteiger partial charge is 0.120 e. The molecule has 2 N–H and O–H groups in total. The summed E-state index contributed by atoms with van der Waals surface area (Å²) in [6, 6.07) is 7.85. The largest absolute Gasteiger partial charge is 0.508 e. The predicted octanol–water partition coefficient (Wildman–Crippen LogP) is 2.33. The van der Waals surface area contributed by atoms with E-state index in [-0.39, 0.29) is 6.04 Å². The number of aromatic nitrogens is 2. The highest BCUT2D eigenvalue weighted by molar-refractivity contribution is 5.34. The summed E-state index contributed by atoms with van der Waals surface area (Å²) < 4.78 is 2.04. The minimum absolute atomic E-state index is 0.115. The van der Waals surface area contributed by atoms with Gasteiger partial charge >= 0.3 is 0 Å². The summed E-state index contributed by atoms with van der Waals surface area (Å²) in [5.41, 5.74) is 0.926. The third kappa shape index (κ3) is 3.11. The van der Waals surface area contributed by atoms with Crippen LogP contribution >= 0.6 is 0 Å². The van der Waals surface area contributed by atoms with Gasteiger partial charge in [0.2, 0.25) is 0 Å². The zero-order valence-corrected chi connectivity index (χ0v) is 10.7. The first-order valence-electron chi connectivity index (χ1n) is 6.16. The van der Waals surface area contributed by atoms with Crippen LogP contribution in [0.2, 0.25) is 0 Å². The molecule has 2 unspecified atom stereocenters. The molecule has 1 aromatic heterocycles. The molecule has 2 aromatic rings. The fraction of sp³-hybridized carbons (Fsp3) is 0.357. The van der Waals surface area contributed by atoms with Crippen molar-refractivity contribution in [1.82, 2.24) is 14.9 Å². The fourth-order valence-corrected chi connectivity index (χ4v) is 2.13. The molecule has 0 aliphatic heterocycles. The van der Waals surface area contributed by atoms with E-state index in [1.807, 2.05) is 35.3 Å². The highest BCUT2D eigenvalue weighted by atomic mass is 16.3. The lowest BCUT2D eigenvalue weighted by Crippen LogP contribution is -2.32. The Bertz CT molecular complexity index is 482. The van der Waals surface area contributed by atoms with Gasteiger partial charge in [-0.15, -0.1) is 0 Å². The van der Waals surface area contributed by atoms with Crippen molar-refractivity contribution in [1.29, 1.82) is 0 Å². The Morgan fingerprint density at radius 1 is 1.33 bits per heavy atom. The molecule has 0 saturated heterocycles. The molecule has 0 amide bonds. The van der Waals surface area contributed by atoms with Crippen LogP contribution in [0.5, 0.6) is 5.75 Å². The Balaban J connectivity index is 1.95. The summed E-state index contributed by atoms with van der Waals surface area (Å²) in [6.07, 6.45) is 5.53. The molecule has 0 bridgehead atoms. The van der Waals surface area contributed by atoms with Crippen molar-refractivity contribution >= 4 is 0 Å². The lowest BCUT2D eigenvalue weighted by molar-refractivity contribution is 0.411. The first-order valence-corrected chi connectivity index (χ1v) is 6.16. The van der Waals surface area contributed by atoms with E-state index in [0.29, 0.717) is 11.8 Å². The Morgan fingerprint density at radius 2 is 2.11 bits per heavy atom. The second-order valence-electron chi connectivity index (χ2n) is 4.61. The Labute approximate surface area is 107 Å². The molecule has 0 spiro atoms. The molecule has 96 valence electrons. The van der Waals surface area contributed by atoms with Crippen LogP contribution in [0.15, 0.2) is 43.0 Å². The molecule has 4 heteroatoms. The SMILES string of the molecule is CC(Cn1ccnc1)NC(C)c1ccccc1O. The van der Waals surface area contributed by atoms with Gasteiger partial charge in [0.25, 0.3) is 0 Å². The lowest BCUT2D eigenvalue weighted by Gasteiger charge is -2.21. The number of imidazole rings is 1. The highest BCUT2D eigenvalue weighted by Crippen LogP contribution is 2.23. The zero-order chi connectivity index (χ0) is 13.0. The number of nitrogens with one attached hydrogen (secondary N) is 1. The topological polar surface area (TPSA) is 50.1 Å². The molecule has 0 aliphatic carbocycles. The summed E-state index contributed by atoms with van der Waals surface area (Å²) in [5.74, 6) is 0.340.